The first-order chi connectivity index (χ1) is 10.3. The van der Waals surface area contributed by atoms with Crippen molar-refractivity contribution in [2.75, 3.05) is 13.7 Å². The van der Waals surface area contributed by atoms with Gasteiger partial charge in [0.1, 0.15) is 11.4 Å². The Bertz CT molecular complexity index is 476. The van der Waals surface area contributed by atoms with Crippen molar-refractivity contribution >= 4 is 0 Å². The molecule has 0 aromatic heterocycles. The Balaban J connectivity index is 1.85. The molecule has 1 aliphatic heterocycles. The summed E-state index contributed by atoms with van der Waals surface area (Å²) in [5, 5.41) is 3.71. The first-order valence-corrected chi connectivity index (χ1v) is 8.30. The van der Waals surface area contributed by atoms with Crippen LogP contribution in [0, 0.1) is 0 Å². The highest BCUT2D eigenvalue weighted by atomic mass is 16.5. The molecular weight excluding hydrogens is 262 g/mol. The van der Waals surface area contributed by atoms with Crippen LogP contribution in [0.5, 0.6) is 5.75 Å². The summed E-state index contributed by atoms with van der Waals surface area (Å²) in [6, 6.07) is 8.91. The Kier molecular flexibility index (Phi) is 4.51. The average Bonchev–Trinajstić information content (AvgIpc) is 2.52. The molecule has 0 saturated heterocycles. The van der Waals surface area contributed by atoms with Gasteiger partial charge in [0.05, 0.1) is 6.10 Å². The largest absolute Gasteiger partial charge is 0.487 e. The molecule has 3 atom stereocenters. The molecule has 1 aromatic carbocycles. The molecule has 3 unspecified atom stereocenters. The number of hydrogen-bond acceptors (Lipinski definition) is 3. The molecule has 0 amide bonds. The topological polar surface area (TPSA) is 30.5 Å². The number of methoxy groups -OCH3 is 1. The van der Waals surface area contributed by atoms with Crippen molar-refractivity contribution in [1.82, 2.24) is 5.32 Å². The van der Waals surface area contributed by atoms with E-state index in [-0.39, 0.29) is 5.60 Å². The molecular formula is C18H27NO2. The van der Waals surface area contributed by atoms with Gasteiger partial charge in [-0.2, -0.15) is 0 Å². The zero-order chi connectivity index (χ0) is 14.7. The molecule has 1 N–H and O–H groups in total. The average molecular weight is 289 g/mol. The van der Waals surface area contributed by atoms with Gasteiger partial charge >= 0.3 is 0 Å². The standard InChI is InChI=1S/C18H27NO2/c1-3-11-19-16-13-18(10-6-7-14(12-18)20-2)21-17-9-5-4-8-15(16)17/h4-5,8-9,14,16,19H,3,6-7,10-13H2,1-2H3. The van der Waals surface area contributed by atoms with E-state index in [2.05, 4.69) is 36.5 Å². The van der Waals surface area contributed by atoms with E-state index in [4.69, 9.17) is 9.47 Å². The van der Waals surface area contributed by atoms with Gasteiger partial charge in [-0.05, 0) is 38.3 Å². The smallest absolute Gasteiger partial charge is 0.124 e. The monoisotopic (exact) mass is 289 g/mol. The summed E-state index contributed by atoms with van der Waals surface area (Å²) in [4.78, 5) is 0. The number of nitrogens with one attached hydrogen (secondary N) is 1. The van der Waals surface area contributed by atoms with Crippen molar-refractivity contribution in [2.45, 2.75) is 63.2 Å². The van der Waals surface area contributed by atoms with E-state index in [1.807, 2.05) is 7.11 Å². The number of para-hydroxylation sites is 1. The molecule has 3 heteroatoms. The second kappa shape index (κ2) is 6.37. The van der Waals surface area contributed by atoms with E-state index in [9.17, 15) is 0 Å². The number of rotatable bonds is 4. The molecule has 21 heavy (non-hydrogen) atoms. The predicted octanol–water partition coefficient (Wildman–Crippen LogP) is 3.84. The SMILES string of the molecule is CCCNC1CC2(CCCC(OC)C2)Oc2ccccc21. The Hall–Kier alpha value is -1.06. The molecule has 116 valence electrons. The van der Waals surface area contributed by atoms with Crippen LogP contribution in [-0.4, -0.2) is 25.4 Å². The van der Waals surface area contributed by atoms with Crippen LogP contribution in [0.25, 0.3) is 0 Å². The third kappa shape index (κ3) is 3.09. The minimum Gasteiger partial charge on any atom is -0.487 e. The number of benzene rings is 1. The summed E-state index contributed by atoms with van der Waals surface area (Å²) in [5.74, 6) is 1.06. The van der Waals surface area contributed by atoms with E-state index < -0.39 is 0 Å². The van der Waals surface area contributed by atoms with Crippen LogP contribution in [0.15, 0.2) is 24.3 Å². The van der Waals surface area contributed by atoms with Crippen LogP contribution in [0.4, 0.5) is 0 Å². The van der Waals surface area contributed by atoms with Crippen molar-refractivity contribution < 1.29 is 9.47 Å². The lowest BCUT2D eigenvalue weighted by atomic mass is 9.76. The van der Waals surface area contributed by atoms with E-state index in [1.165, 1.54) is 12.0 Å². The third-order valence-electron chi connectivity index (χ3n) is 4.93. The van der Waals surface area contributed by atoms with Crippen molar-refractivity contribution in [1.29, 1.82) is 0 Å². The number of hydrogen-bond donors (Lipinski definition) is 1. The van der Waals surface area contributed by atoms with Gasteiger partial charge < -0.3 is 14.8 Å². The van der Waals surface area contributed by atoms with Gasteiger partial charge in [0.2, 0.25) is 0 Å². The van der Waals surface area contributed by atoms with E-state index in [1.54, 1.807) is 0 Å². The fraction of sp³-hybridized carbons (Fsp3) is 0.667. The fourth-order valence-corrected chi connectivity index (χ4v) is 3.87. The van der Waals surface area contributed by atoms with Gasteiger partial charge in [-0.25, -0.2) is 0 Å². The molecule has 0 bridgehead atoms. The van der Waals surface area contributed by atoms with E-state index in [0.717, 1.165) is 44.4 Å². The van der Waals surface area contributed by atoms with Gasteiger partial charge in [0.25, 0.3) is 0 Å². The summed E-state index contributed by atoms with van der Waals surface area (Å²) in [6.07, 6.45) is 7.08. The third-order valence-corrected chi connectivity index (χ3v) is 4.93. The molecule has 1 heterocycles. The zero-order valence-electron chi connectivity index (χ0n) is 13.2. The van der Waals surface area contributed by atoms with Crippen LogP contribution in [0.2, 0.25) is 0 Å². The van der Waals surface area contributed by atoms with E-state index >= 15 is 0 Å². The summed E-state index contributed by atoms with van der Waals surface area (Å²) in [7, 11) is 1.83. The number of ether oxygens (including phenoxy) is 2. The van der Waals surface area contributed by atoms with Crippen molar-refractivity contribution in [2.24, 2.45) is 0 Å². The first kappa shape index (κ1) is 14.9. The highest BCUT2D eigenvalue weighted by Crippen LogP contribution is 2.46. The van der Waals surface area contributed by atoms with Gasteiger partial charge in [-0.1, -0.05) is 25.1 Å². The summed E-state index contributed by atoms with van der Waals surface area (Å²) >= 11 is 0. The minimum absolute atomic E-state index is 0.0430. The van der Waals surface area contributed by atoms with Gasteiger partial charge in [-0.3, -0.25) is 0 Å². The predicted molar refractivity (Wildman–Crippen MR) is 84.7 cm³/mol. The molecule has 3 nitrogen and oxygen atoms in total. The molecule has 1 spiro atoms. The maximum Gasteiger partial charge on any atom is 0.124 e. The maximum absolute atomic E-state index is 6.48. The molecule has 0 radical (unpaired) electrons. The lowest BCUT2D eigenvalue weighted by Crippen LogP contribution is -2.48. The Morgan fingerprint density at radius 1 is 1.33 bits per heavy atom. The van der Waals surface area contributed by atoms with Gasteiger partial charge in [0.15, 0.2) is 0 Å². The summed E-state index contributed by atoms with van der Waals surface area (Å²) in [6.45, 7) is 3.28. The van der Waals surface area contributed by atoms with Crippen LogP contribution < -0.4 is 10.1 Å². The molecule has 1 aromatic rings. The molecule has 1 fully saturated rings. The van der Waals surface area contributed by atoms with Crippen molar-refractivity contribution in [3.05, 3.63) is 29.8 Å². The lowest BCUT2D eigenvalue weighted by Gasteiger charge is -2.46. The zero-order valence-corrected chi connectivity index (χ0v) is 13.2. The van der Waals surface area contributed by atoms with Crippen molar-refractivity contribution in [3.63, 3.8) is 0 Å². The normalized spacial score (nSPS) is 31.7. The molecule has 1 saturated carbocycles. The second-order valence-corrected chi connectivity index (χ2v) is 6.49. The maximum atomic E-state index is 6.48. The summed E-state index contributed by atoms with van der Waals surface area (Å²) in [5.41, 5.74) is 1.27. The van der Waals surface area contributed by atoms with Gasteiger partial charge in [0, 0.05) is 31.6 Å². The minimum atomic E-state index is -0.0430. The van der Waals surface area contributed by atoms with Crippen LogP contribution >= 0.6 is 0 Å². The highest BCUT2D eigenvalue weighted by Gasteiger charge is 2.44. The summed E-state index contributed by atoms with van der Waals surface area (Å²) < 4.78 is 12.1. The second-order valence-electron chi connectivity index (χ2n) is 6.49. The molecule has 2 aliphatic rings. The molecule has 3 rings (SSSR count). The van der Waals surface area contributed by atoms with Gasteiger partial charge in [-0.15, -0.1) is 0 Å². The lowest BCUT2D eigenvalue weighted by molar-refractivity contribution is -0.0602. The van der Waals surface area contributed by atoms with Crippen molar-refractivity contribution in [3.8, 4) is 5.75 Å². The Morgan fingerprint density at radius 3 is 3.00 bits per heavy atom. The van der Waals surface area contributed by atoms with Crippen LogP contribution in [0.1, 0.15) is 57.1 Å². The molecule has 1 aliphatic carbocycles. The van der Waals surface area contributed by atoms with E-state index in [0.29, 0.717) is 12.1 Å². The highest BCUT2D eigenvalue weighted by molar-refractivity contribution is 5.39. The first-order valence-electron chi connectivity index (χ1n) is 8.30. The van der Waals surface area contributed by atoms with Crippen LogP contribution in [0.3, 0.4) is 0 Å². The Morgan fingerprint density at radius 2 is 2.19 bits per heavy atom. The quantitative estimate of drug-likeness (QED) is 0.913. The Labute approximate surface area is 128 Å². The van der Waals surface area contributed by atoms with Crippen LogP contribution in [-0.2, 0) is 4.74 Å². The fourth-order valence-electron chi connectivity index (χ4n) is 3.87. The number of fused-ring (bicyclic) bond motifs is 1.